The predicted molar refractivity (Wildman–Crippen MR) is 92.1 cm³/mol. The van der Waals surface area contributed by atoms with Crippen LogP contribution in [0.2, 0.25) is 0 Å². The Kier molecular flexibility index (Phi) is 5.67. The zero-order chi connectivity index (χ0) is 15.9. The van der Waals surface area contributed by atoms with E-state index >= 15 is 0 Å². The van der Waals surface area contributed by atoms with Crippen molar-refractivity contribution in [2.24, 2.45) is 0 Å². The van der Waals surface area contributed by atoms with Crippen molar-refractivity contribution in [1.82, 2.24) is 3.97 Å². The summed E-state index contributed by atoms with van der Waals surface area (Å²) >= 11 is 1.61. The molecule has 0 unspecified atom stereocenters. The van der Waals surface area contributed by atoms with Crippen LogP contribution in [0, 0.1) is 0 Å². The summed E-state index contributed by atoms with van der Waals surface area (Å²) in [4.78, 5) is 12.0. The van der Waals surface area contributed by atoms with Crippen molar-refractivity contribution in [3.05, 3.63) is 65.3 Å². The molecule has 0 atom stereocenters. The SMILES string of the molecule is C=C/C=c1\c(=C/C)c(CCC(=O)O)cn1Sc1ccccc1. The molecule has 0 aliphatic carbocycles. The molecule has 3 nitrogen and oxygen atoms in total. The van der Waals surface area contributed by atoms with Crippen molar-refractivity contribution in [2.45, 2.75) is 24.7 Å². The standard InChI is InChI=1S/C18H19NO2S/c1-3-8-17-16(4-2)14(11-12-18(20)21)13-19(17)22-15-9-6-5-7-10-15/h3-10,13H,1,11-12H2,2H3,(H,20,21)/b16-4-,17-8+. The Bertz CT molecular complexity index is 775. The van der Waals surface area contributed by atoms with Gasteiger partial charge in [0.2, 0.25) is 0 Å². The van der Waals surface area contributed by atoms with Gasteiger partial charge < -0.3 is 5.11 Å². The number of aryl methyl sites for hydroxylation is 1. The van der Waals surface area contributed by atoms with E-state index in [4.69, 9.17) is 5.11 Å². The Hall–Kier alpha value is -2.20. The molecule has 0 spiro atoms. The van der Waals surface area contributed by atoms with Crippen molar-refractivity contribution in [3.63, 3.8) is 0 Å². The van der Waals surface area contributed by atoms with Crippen molar-refractivity contribution in [1.29, 1.82) is 0 Å². The van der Waals surface area contributed by atoms with E-state index in [9.17, 15) is 4.79 Å². The number of hydrogen-bond donors (Lipinski definition) is 1. The fourth-order valence-corrected chi connectivity index (χ4v) is 3.23. The van der Waals surface area contributed by atoms with E-state index in [0.717, 1.165) is 21.0 Å². The average molecular weight is 313 g/mol. The minimum Gasteiger partial charge on any atom is -0.481 e. The Labute approximate surface area is 134 Å². The average Bonchev–Trinajstić information content (AvgIpc) is 2.83. The van der Waals surface area contributed by atoms with Gasteiger partial charge >= 0.3 is 5.97 Å². The number of carboxylic acid groups (broad SMARTS) is 1. The number of nitrogens with zero attached hydrogens (tertiary/aromatic N) is 1. The lowest BCUT2D eigenvalue weighted by atomic mass is 10.1. The molecule has 0 aliphatic heterocycles. The van der Waals surface area contributed by atoms with Gasteiger partial charge in [0.1, 0.15) is 0 Å². The summed E-state index contributed by atoms with van der Waals surface area (Å²) in [7, 11) is 0. The second-order valence-corrected chi connectivity index (χ2v) is 5.82. The normalized spacial score (nSPS) is 12.6. The molecular weight excluding hydrogens is 294 g/mol. The molecule has 0 aliphatic rings. The molecule has 0 fully saturated rings. The molecule has 114 valence electrons. The maximum atomic E-state index is 10.8. The first-order valence-corrected chi connectivity index (χ1v) is 7.87. The Morgan fingerprint density at radius 2 is 2.09 bits per heavy atom. The molecule has 4 heteroatoms. The van der Waals surface area contributed by atoms with E-state index in [1.807, 2.05) is 43.5 Å². The van der Waals surface area contributed by atoms with Gasteiger partial charge in [-0.3, -0.25) is 8.77 Å². The van der Waals surface area contributed by atoms with Gasteiger partial charge in [0.05, 0.1) is 5.35 Å². The summed E-state index contributed by atoms with van der Waals surface area (Å²) in [6, 6.07) is 10.1. The highest BCUT2D eigenvalue weighted by atomic mass is 32.2. The molecule has 0 saturated heterocycles. The van der Waals surface area contributed by atoms with Crippen LogP contribution in [-0.2, 0) is 11.2 Å². The zero-order valence-corrected chi connectivity index (χ0v) is 13.3. The van der Waals surface area contributed by atoms with E-state index in [2.05, 4.69) is 22.7 Å². The number of benzene rings is 1. The lowest BCUT2D eigenvalue weighted by Crippen LogP contribution is -2.28. The van der Waals surface area contributed by atoms with Gasteiger partial charge in [-0.2, -0.15) is 0 Å². The molecule has 2 aromatic rings. The molecule has 1 aromatic carbocycles. The number of hydrogen-bond acceptors (Lipinski definition) is 2. The van der Waals surface area contributed by atoms with Crippen LogP contribution < -0.4 is 10.6 Å². The van der Waals surface area contributed by atoms with Crippen molar-refractivity contribution >= 4 is 30.1 Å². The first kappa shape index (κ1) is 16.2. The summed E-state index contributed by atoms with van der Waals surface area (Å²) in [6.45, 7) is 5.75. The first-order chi connectivity index (χ1) is 10.7. The molecule has 1 aromatic heterocycles. The van der Waals surface area contributed by atoms with Crippen LogP contribution in [0.3, 0.4) is 0 Å². The molecule has 22 heavy (non-hydrogen) atoms. The maximum absolute atomic E-state index is 10.8. The van der Waals surface area contributed by atoms with E-state index in [0.29, 0.717) is 6.42 Å². The Morgan fingerprint density at radius 1 is 1.36 bits per heavy atom. The second kappa shape index (κ2) is 7.71. The number of carbonyl (C=O) groups is 1. The highest BCUT2D eigenvalue weighted by Gasteiger charge is 2.08. The summed E-state index contributed by atoms with van der Waals surface area (Å²) in [5.74, 6) is -0.778. The van der Waals surface area contributed by atoms with Gasteiger partial charge in [-0.25, -0.2) is 0 Å². The third-order valence-corrected chi connectivity index (χ3v) is 4.23. The fraction of sp³-hybridized carbons (Fsp3) is 0.167. The molecule has 2 rings (SSSR count). The molecule has 0 radical (unpaired) electrons. The number of aromatic nitrogens is 1. The molecule has 0 bridgehead atoms. The third kappa shape index (κ3) is 3.92. The Balaban J connectivity index is 2.47. The van der Waals surface area contributed by atoms with Gasteiger partial charge in [0, 0.05) is 17.5 Å². The van der Waals surface area contributed by atoms with E-state index in [-0.39, 0.29) is 6.42 Å². The second-order valence-electron chi connectivity index (χ2n) is 4.77. The summed E-state index contributed by atoms with van der Waals surface area (Å²) in [5.41, 5.74) is 1.04. The van der Waals surface area contributed by atoms with Crippen LogP contribution in [-0.4, -0.2) is 15.0 Å². The van der Waals surface area contributed by atoms with Crippen LogP contribution >= 0.6 is 11.9 Å². The highest BCUT2D eigenvalue weighted by Crippen LogP contribution is 2.18. The zero-order valence-electron chi connectivity index (χ0n) is 12.5. The van der Waals surface area contributed by atoms with Crippen LogP contribution in [0.1, 0.15) is 18.9 Å². The lowest BCUT2D eigenvalue weighted by Gasteiger charge is -2.02. The number of rotatable bonds is 6. The minimum atomic E-state index is -0.778. The summed E-state index contributed by atoms with van der Waals surface area (Å²) in [5, 5.41) is 11.0. The van der Waals surface area contributed by atoms with Crippen molar-refractivity contribution < 1.29 is 9.90 Å². The first-order valence-electron chi connectivity index (χ1n) is 7.10. The predicted octanol–water partition coefficient (Wildman–Crippen LogP) is 2.83. The van der Waals surface area contributed by atoms with E-state index in [1.54, 1.807) is 18.0 Å². The largest absolute Gasteiger partial charge is 0.481 e. The maximum Gasteiger partial charge on any atom is 0.303 e. The smallest absolute Gasteiger partial charge is 0.303 e. The fourth-order valence-electron chi connectivity index (χ4n) is 2.28. The number of allylic oxidation sites excluding steroid dienone is 1. The van der Waals surface area contributed by atoms with Crippen LogP contribution in [0.15, 0.2) is 54.1 Å². The third-order valence-electron chi connectivity index (χ3n) is 3.25. The Morgan fingerprint density at radius 3 is 2.68 bits per heavy atom. The van der Waals surface area contributed by atoms with Gasteiger partial charge in [-0.15, -0.1) is 0 Å². The van der Waals surface area contributed by atoms with Gasteiger partial charge in [0.15, 0.2) is 0 Å². The van der Waals surface area contributed by atoms with Crippen LogP contribution in [0.5, 0.6) is 0 Å². The van der Waals surface area contributed by atoms with Gasteiger partial charge in [-0.05, 0) is 54.3 Å². The summed E-state index contributed by atoms with van der Waals surface area (Å²) in [6.07, 6.45) is 8.41. The number of aliphatic carboxylic acids is 1. The monoisotopic (exact) mass is 313 g/mol. The number of carboxylic acids is 1. The molecule has 0 amide bonds. The highest BCUT2D eigenvalue weighted by molar-refractivity contribution is 7.97. The van der Waals surface area contributed by atoms with Crippen molar-refractivity contribution in [3.8, 4) is 0 Å². The molecule has 1 N–H and O–H groups in total. The quantitative estimate of drug-likeness (QED) is 0.892. The van der Waals surface area contributed by atoms with Crippen LogP contribution in [0.25, 0.3) is 12.2 Å². The van der Waals surface area contributed by atoms with E-state index < -0.39 is 5.97 Å². The molecule has 1 heterocycles. The molecule has 0 saturated carbocycles. The minimum absolute atomic E-state index is 0.133. The van der Waals surface area contributed by atoms with Crippen molar-refractivity contribution in [2.75, 3.05) is 0 Å². The van der Waals surface area contributed by atoms with E-state index in [1.165, 1.54) is 0 Å². The summed E-state index contributed by atoms with van der Waals surface area (Å²) < 4.78 is 2.07. The van der Waals surface area contributed by atoms with Gasteiger partial charge in [-0.1, -0.05) is 36.9 Å². The topological polar surface area (TPSA) is 42.2 Å². The van der Waals surface area contributed by atoms with Crippen LogP contribution in [0.4, 0.5) is 0 Å². The molecular formula is C18H19NO2S. The van der Waals surface area contributed by atoms with Gasteiger partial charge in [0.25, 0.3) is 0 Å². The lowest BCUT2D eigenvalue weighted by molar-refractivity contribution is -0.136.